The van der Waals surface area contributed by atoms with E-state index in [0.29, 0.717) is 12.1 Å². The van der Waals surface area contributed by atoms with E-state index in [1.165, 1.54) is 0 Å². The molecule has 1 N–H and O–H groups in total. The van der Waals surface area contributed by atoms with Crippen LogP contribution in [0.3, 0.4) is 0 Å². The zero-order chi connectivity index (χ0) is 12.9. The van der Waals surface area contributed by atoms with E-state index in [1.54, 1.807) is 25.1 Å². The van der Waals surface area contributed by atoms with Gasteiger partial charge >= 0.3 is 0 Å². The standard InChI is InChI=1S/C11H13BrN2O2S/c1-2-17(15,16)6-5-14-11-4-3-9(8-13)7-10(11)12/h3-4,7,14H,2,5-6H2,1H3. The Balaban J connectivity index is 2.62. The van der Waals surface area contributed by atoms with E-state index < -0.39 is 9.84 Å². The van der Waals surface area contributed by atoms with Crippen LogP contribution in [0.2, 0.25) is 0 Å². The van der Waals surface area contributed by atoms with Crippen LogP contribution < -0.4 is 5.32 Å². The fourth-order valence-electron chi connectivity index (χ4n) is 1.21. The fraction of sp³-hybridized carbons (Fsp3) is 0.364. The molecule has 0 fully saturated rings. The highest BCUT2D eigenvalue weighted by molar-refractivity contribution is 9.10. The number of halogens is 1. The first kappa shape index (κ1) is 14.0. The molecule has 0 spiro atoms. The topological polar surface area (TPSA) is 70.0 Å². The maximum absolute atomic E-state index is 11.3. The van der Waals surface area contributed by atoms with Gasteiger partial charge in [0.1, 0.15) is 0 Å². The highest BCUT2D eigenvalue weighted by Crippen LogP contribution is 2.23. The Kier molecular flexibility index (Phi) is 4.97. The van der Waals surface area contributed by atoms with Gasteiger partial charge < -0.3 is 5.32 Å². The van der Waals surface area contributed by atoms with Crippen LogP contribution in [-0.4, -0.2) is 26.5 Å². The van der Waals surface area contributed by atoms with Gasteiger partial charge in [-0.2, -0.15) is 5.26 Å². The zero-order valence-corrected chi connectivity index (χ0v) is 11.8. The van der Waals surface area contributed by atoms with E-state index in [2.05, 4.69) is 21.2 Å². The third kappa shape index (κ3) is 4.36. The summed E-state index contributed by atoms with van der Waals surface area (Å²) in [6.45, 7) is 1.99. The highest BCUT2D eigenvalue weighted by atomic mass is 79.9. The van der Waals surface area contributed by atoms with Crippen LogP contribution in [0.5, 0.6) is 0 Å². The Morgan fingerprint density at radius 2 is 2.18 bits per heavy atom. The number of hydrogen-bond acceptors (Lipinski definition) is 4. The first-order valence-electron chi connectivity index (χ1n) is 5.12. The molecule has 0 unspecified atom stereocenters. The summed E-state index contributed by atoms with van der Waals surface area (Å²) in [5.74, 6) is 0.263. The van der Waals surface area contributed by atoms with Crippen LogP contribution in [0.4, 0.5) is 5.69 Å². The van der Waals surface area contributed by atoms with Gasteiger partial charge in [-0.3, -0.25) is 0 Å². The minimum absolute atomic E-state index is 0.107. The second-order valence-electron chi connectivity index (χ2n) is 3.47. The summed E-state index contributed by atoms with van der Waals surface area (Å²) in [6.07, 6.45) is 0. The first-order chi connectivity index (χ1) is 7.98. The highest BCUT2D eigenvalue weighted by Gasteiger charge is 2.07. The molecule has 1 rings (SSSR count). The first-order valence-corrected chi connectivity index (χ1v) is 7.74. The van der Waals surface area contributed by atoms with Gasteiger partial charge in [0.05, 0.1) is 17.4 Å². The van der Waals surface area contributed by atoms with Gasteiger partial charge in [0.2, 0.25) is 0 Å². The van der Waals surface area contributed by atoms with Crippen LogP contribution in [0.25, 0.3) is 0 Å². The van der Waals surface area contributed by atoms with Crippen LogP contribution in [0.15, 0.2) is 22.7 Å². The molecule has 1 aromatic rings. The van der Waals surface area contributed by atoms with Gasteiger partial charge in [-0.05, 0) is 34.1 Å². The van der Waals surface area contributed by atoms with Crippen molar-refractivity contribution >= 4 is 31.5 Å². The van der Waals surface area contributed by atoms with Crippen molar-refractivity contribution < 1.29 is 8.42 Å². The summed E-state index contributed by atoms with van der Waals surface area (Å²) in [6, 6.07) is 7.16. The van der Waals surface area contributed by atoms with Gasteiger partial charge in [-0.15, -0.1) is 0 Å². The zero-order valence-electron chi connectivity index (χ0n) is 9.40. The molecule has 0 heterocycles. The number of anilines is 1. The Bertz CT molecular complexity index is 535. The number of sulfone groups is 1. The van der Waals surface area contributed by atoms with Crippen molar-refractivity contribution in [3.05, 3.63) is 28.2 Å². The molecule has 0 saturated carbocycles. The molecule has 0 aliphatic heterocycles. The molecule has 6 heteroatoms. The maximum Gasteiger partial charge on any atom is 0.151 e. The van der Waals surface area contributed by atoms with Crippen LogP contribution in [0.1, 0.15) is 12.5 Å². The number of nitriles is 1. The molecule has 0 aromatic heterocycles. The van der Waals surface area contributed by atoms with Crippen molar-refractivity contribution in [3.8, 4) is 6.07 Å². The molecule has 1 aromatic carbocycles. The van der Waals surface area contributed by atoms with Gasteiger partial charge in [0, 0.05) is 22.5 Å². The predicted octanol–water partition coefficient (Wildman–Crippen LogP) is 2.17. The molecular weight excluding hydrogens is 304 g/mol. The minimum Gasteiger partial charge on any atom is -0.383 e. The number of benzene rings is 1. The normalized spacial score (nSPS) is 10.9. The minimum atomic E-state index is -2.95. The second kappa shape index (κ2) is 6.03. The Morgan fingerprint density at radius 1 is 1.47 bits per heavy atom. The van der Waals surface area contributed by atoms with Gasteiger partial charge in [0.25, 0.3) is 0 Å². The molecule has 0 bridgehead atoms. The van der Waals surface area contributed by atoms with E-state index in [1.807, 2.05) is 6.07 Å². The van der Waals surface area contributed by atoms with Crippen molar-refractivity contribution in [1.82, 2.24) is 0 Å². The third-order valence-corrected chi connectivity index (χ3v) is 4.63. The number of nitrogens with zero attached hydrogens (tertiary/aromatic N) is 1. The fourth-order valence-corrected chi connectivity index (χ4v) is 2.43. The van der Waals surface area contributed by atoms with Gasteiger partial charge in [-0.25, -0.2) is 8.42 Å². The lowest BCUT2D eigenvalue weighted by Crippen LogP contribution is -2.17. The van der Waals surface area contributed by atoms with E-state index >= 15 is 0 Å². The molecule has 0 aliphatic carbocycles. The summed E-state index contributed by atoms with van der Waals surface area (Å²) in [7, 11) is -2.95. The Hall–Kier alpha value is -1.06. The molecule has 0 saturated heterocycles. The van der Waals surface area contributed by atoms with E-state index in [0.717, 1.165) is 10.2 Å². The average Bonchev–Trinajstić information content (AvgIpc) is 2.31. The smallest absolute Gasteiger partial charge is 0.151 e. The monoisotopic (exact) mass is 316 g/mol. The molecule has 0 radical (unpaired) electrons. The quantitative estimate of drug-likeness (QED) is 0.903. The SMILES string of the molecule is CCS(=O)(=O)CCNc1ccc(C#N)cc1Br. The average molecular weight is 317 g/mol. The van der Waals surface area contributed by atoms with Crippen molar-refractivity contribution in [1.29, 1.82) is 5.26 Å². The largest absolute Gasteiger partial charge is 0.383 e. The van der Waals surface area contributed by atoms with E-state index in [9.17, 15) is 8.42 Å². The molecule has 17 heavy (non-hydrogen) atoms. The molecule has 92 valence electrons. The lowest BCUT2D eigenvalue weighted by molar-refractivity contribution is 0.597. The summed E-state index contributed by atoms with van der Waals surface area (Å²) < 4.78 is 23.3. The number of rotatable bonds is 5. The van der Waals surface area contributed by atoms with Crippen molar-refractivity contribution in [2.75, 3.05) is 23.4 Å². The molecule has 0 atom stereocenters. The van der Waals surface area contributed by atoms with Crippen LogP contribution >= 0.6 is 15.9 Å². The number of hydrogen-bond donors (Lipinski definition) is 1. The molecular formula is C11H13BrN2O2S. The molecule has 0 amide bonds. The van der Waals surface area contributed by atoms with Crippen LogP contribution in [0, 0.1) is 11.3 Å². The van der Waals surface area contributed by atoms with Crippen molar-refractivity contribution in [2.24, 2.45) is 0 Å². The Morgan fingerprint density at radius 3 is 2.71 bits per heavy atom. The Labute approximate surface area is 110 Å². The van der Waals surface area contributed by atoms with Gasteiger partial charge in [-0.1, -0.05) is 6.92 Å². The second-order valence-corrected chi connectivity index (χ2v) is 6.80. The predicted molar refractivity (Wildman–Crippen MR) is 71.7 cm³/mol. The van der Waals surface area contributed by atoms with Gasteiger partial charge in [0.15, 0.2) is 9.84 Å². The maximum atomic E-state index is 11.3. The van der Waals surface area contributed by atoms with Crippen molar-refractivity contribution in [3.63, 3.8) is 0 Å². The van der Waals surface area contributed by atoms with Crippen LogP contribution in [-0.2, 0) is 9.84 Å². The van der Waals surface area contributed by atoms with E-state index in [4.69, 9.17) is 5.26 Å². The summed E-state index contributed by atoms with van der Waals surface area (Å²) in [5, 5.41) is 11.7. The van der Waals surface area contributed by atoms with E-state index in [-0.39, 0.29) is 11.5 Å². The summed E-state index contributed by atoms with van der Waals surface area (Å²) in [4.78, 5) is 0. The lowest BCUT2D eigenvalue weighted by atomic mass is 10.2. The molecule has 4 nitrogen and oxygen atoms in total. The summed E-state index contributed by atoms with van der Waals surface area (Å²) >= 11 is 3.32. The lowest BCUT2D eigenvalue weighted by Gasteiger charge is -2.08. The number of nitrogens with one attached hydrogen (secondary N) is 1. The van der Waals surface area contributed by atoms with Crippen molar-refractivity contribution in [2.45, 2.75) is 6.92 Å². The third-order valence-electron chi connectivity index (χ3n) is 2.27. The molecule has 0 aliphatic rings. The summed E-state index contributed by atoms with van der Waals surface area (Å²) in [5.41, 5.74) is 1.35.